The van der Waals surface area contributed by atoms with Gasteiger partial charge in [-0.2, -0.15) is 13.1 Å². The Morgan fingerprint density at radius 1 is 1.23 bits per heavy atom. The zero-order chi connectivity index (χ0) is 15.9. The van der Waals surface area contributed by atoms with E-state index in [1.807, 2.05) is 0 Å². The van der Waals surface area contributed by atoms with Crippen molar-refractivity contribution < 1.29 is 26.3 Å². The summed E-state index contributed by atoms with van der Waals surface area (Å²) in [6.45, 7) is -0.853. The topological polar surface area (TPSA) is 58.6 Å². The molecule has 0 radical (unpaired) electrons. The van der Waals surface area contributed by atoms with Crippen LogP contribution in [0.2, 0.25) is 0 Å². The molecule has 5 nitrogen and oxygen atoms in total. The van der Waals surface area contributed by atoms with Gasteiger partial charge < -0.3 is 10.1 Å². The van der Waals surface area contributed by atoms with E-state index in [1.54, 1.807) is 0 Å². The molecule has 122 valence electrons. The Hall–Kier alpha value is -1.32. The molecule has 22 heavy (non-hydrogen) atoms. The van der Waals surface area contributed by atoms with E-state index in [2.05, 4.69) is 10.1 Å². The first-order valence-electron chi connectivity index (χ1n) is 6.83. The molecule has 0 spiro atoms. The molecule has 3 rings (SSSR count). The summed E-state index contributed by atoms with van der Waals surface area (Å²) in [5, 5.41) is 3.20. The van der Waals surface area contributed by atoms with Gasteiger partial charge in [0.1, 0.15) is 0 Å². The molecule has 0 amide bonds. The quantitative estimate of drug-likeness (QED) is 0.900. The average molecular weight is 336 g/mol. The van der Waals surface area contributed by atoms with Crippen molar-refractivity contribution in [2.75, 3.05) is 26.2 Å². The lowest BCUT2D eigenvalue weighted by Crippen LogP contribution is -2.32. The van der Waals surface area contributed by atoms with Crippen LogP contribution in [0.25, 0.3) is 0 Å². The monoisotopic (exact) mass is 336 g/mol. The summed E-state index contributed by atoms with van der Waals surface area (Å²) in [6.07, 6.45) is 0. The largest absolute Gasteiger partial charge is 0.432 e. The van der Waals surface area contributed by atoms with Crippen molar-refractivity contribution in [2.45, 2.75) is 11.5 Å². The Kier molecular flexibility index (Phi) is 4.04. The van der Waals surface area contributed by atoms with Gasteiger partial charge in [-0.25, -0.2) is 12.8 Å². The summed E-state index contributed by atoms with van der Waals surface area (Å²) < 4.78 is 68.2. The Morgan fingerprint density at radius 2 is 1.86 bits per heavy atom. The van der Waals surface area contributed by atoms with Crippen molar-refractivity contribution in [3.05, 3.63) is 24.0 Å². The molecule has 2 saturated heterocycles. The standard InChI is InChI=1S/C13H15F3N2O3S/c14-11-3-10(1-2-12(11)21-13(15)16)22(19,20)18-6-8-4-17-5-9(8)7-18/h1-3,8-9,13,17H,4-7H2/t8-,9+. The molecule has 2 aliphatic heterocycles. The van der Waals surface area contributed by atoms with Gasteiger partial charge in [0, 0.05) is 13.1 Å². The molecule has 2 atom stereocenters. The minimum absolute atomic E-state index is 0.250. The molecule has 0 aliphatic carbocycles. The first-order valence-corrected chi connectivity index (χ1v) is 8.27. The number of rotatable bonds is 4. The summed E-state index contributed by atoms with van der Waals surface area (Å²) >= 11 is 0. The highest BCUT2D eigenvalue weighted by Crippen LogP contribution is 2.32. The summed E-state index contributed by atoms with van der Waals surface area (Å²) in [6, 6.07) is 2.72. The highest BCUT2D eigenvalue weighted by Gasteiger charge is 2.41. The lowest BCUT2D eigenvalue weighted by molar-refractivity contribution is -0.0522. The zero-order valence-electron chi connectivity index (χ0n) is 11.5. The van der Waals surface area contributed by atoms with E-state index < -0.39 is 28.2 Å². The maximum Gasteiger partial charge on any atom is 0.387 e. The molecule has 0 saturated carbocycles. The van der Waals surface area contributed by atoms with E-state index in [4.69, 9.17) is 0 Å². The maximum absolute atomic E-state index is 13.7. The Morgan fingerprint density at radius 3 is 2.41 bits per heavy atom. The summed E-state index contributed by atoms with van der Waals surface area (Å²) in [4.78, 5) is -0.250. The fourth-order valence-corrected chi connectivity index (χ4v) is 4.56. The van der Waals surface area contributed by atoms with E-state index in [9.17, 15) is 21.6 Å². The molecular weight excluding hydrogens is 321 g/mol. The van der Waals surface area contributed by atoms with E-state index in [-0.39, 0.29) is 16.7 Å². The number of ether oxygens (including phenoxy) is 1. The van der Waals surface area contributed by atoms with Gasteiger partial charge in [0.25, 0.3) is 0 Å². The number of hydrogen-bond donors (Lipinski definition) is 1. The molecule has 0 bridgehead atoms. The van der Waals surface area contributed by atoms with E-state index in [0.29, 0.717) is 13.1 Å². The maximum atomic E-state index is 13.7. The lowest BCUT2D eigenvalue weighted by Gasteiger charge is -2.18. The Bertz CT molecular complexity index is 656. The third kappa shape index (κ3) is 2.80. The highest BCUT2D eigenvalue weighted by molar-refractivity contribution is 7.89. The molecule has 1 aromatic rings. The molecule has 0 unspecified atom stereocenters. The molecule has 2 aliphatic rings. The van der Waals surface area contributed by atoms with Crippen LogP contribution in [0, 0.1) is 17.7 Å². The molecule has 1 N–H and O–H groups in total. The van der Waals surface area contributed by atoms with Crippen LogP contribution in [0.4, 0.5) is 13.2 Å². The van der Waals surface area contributed by atoms with Gasteiger partial charge in [-0.3, -0.25) is 0 Å². The smallest absolute Gasteiger partial charge is 0.387 e. The fourth-order valence-electron chi connectivity index (χ4n) is 2.99. The predicted molar refractivity (Wildman–Crippen MR) is 71.6 cm³/mol. The summed E-state index contributed by atoms with van der Waals surface area (Å²) in [5.74, 6) is -1.26. The predicted octanol–water partition coefficient (Wildman–Crippen LogP) is 1.27. The molecule has 2 fully saturated rings. The number of benzene rings is 1. The Balaban J connectivity index is 1.82. The summed E-state index contributed by atoms with van der Waals surface area (Å²) in [7, 11) is -3.83. The fraction of sp³-hybridized carbons (Fsp3) is 0.538. The van der Waals surface area contributed by atoms with Crippen LogP contribution >= 0.6 is 0 Å². The number of nitrogens with zero attached hydrogens (tertiary/aromatic N) is 1. The van der Waals surface area contributed by atoms with Gasteiger partial charge in [-0.1, -0.05) is 0 Å². The van der Waals surface area contributed by atoms with Gasteiger partial charge in [0.15, 0.2) is 11.6 Å². The van der Waals surface area contributed by atoms with Crippen molar-refractivity contribution in [3.8, 4) is 5.75 Å². The molecule has 0 aromatic heterocycles. The van der Waals surface area contributed by atoms with Gasteiger partial charge in [0.2, 0.25) is 10.0 Å². The Labute approximate surface area is 126 Å². The van der Waals surface area contributed by atoms with Gasteiger partial charge in [-0.15, -0.1) is 0 Å². The second kappa shape index (κ2) is 5.71. The van der Waals surface area contributed by atoms with Crippen LogP contribution in [-0.4, -0.2) is 45.5 Å². The molecule has 1 aromatic carbocycles. The van der Waals surface area contributed by atoms with Crippen LogP contribution in [-0.2, 0) is 10.0 Å². The first-order chi connectivity index (χ1) is 10.4. The van der Waals surface area contributed by atoms with Crippen molar-refractivity contribution in [3.63, 3.8) is 0 Å². The SMILES string of the molecule is O=S(=O)(c1ccc(OC(F)F)c(F)c1)N1C[C@H]2CNC[C@H]2C1. The van der Waals surface area contributed by atoms with Crippen molar-refractivity contribution in [1.29, 1.82) is 0 Å². The number of fused-ring (bicyclic) bond motifs is 1. The number of sulfonamides is 1. The lowest BCUT2D eigenvalue weighted by atomic mass is 10.0. The van der Waals surface area contributed by atoms with Gasteiger partial charge in [-0.05, 0) is 43.1 Å². The number of hydrogen-bond acceptors (Lipinski definition) is 4. The second-order valence-electron chi connectivity index (χ2n) is 5.47. The minimum Gasteiger partial charge on any atom is -0.432 e. The van der Waals surface area contributed by atoms with Crippen LogP contribution < -0.4 is 10.1 Å². The average Bonchev–Trinajstić information content (AvgIpc) is 3.01. The van der Waals surface area contributed by atoms with Crippen LogP contribution in [0.5, 0.6) is 5.75 Å². The van der Waals surface area contributed by atoms with Crippen molar-refractivity contribution in [2.24, 2.45) is 11.8 Å². The number of halogens is 3. The summed E-state index contributed by atoms with van der Waals surface area (Å²) in [5.41, 5.74) is 0. The zero-order valence-corrected chi connectivity index (χ0v) is 12.3. The normalized spacial score (nSPS) is 25.6. The van der Waals surface area contributed by atoms with E-state index in [0.717, 1.165) is 31.3 Å². The van der Waals surface area contributed by atoms with E-state index >= 15 is 0 Å². The van der Waals surface area contributed by atoms with Crippen LogP contribution in [0.1, 0.15) is 0 Å². The second-order valence-corrected chi connectivity index (χ2v) is 7.41. The third-order valence-corrected chi connectivity index (χ3v) is 5.94. The molecule has 9 heteroatoms. The van der Waals surface area contributed by atoms with Crippen molar-refractivity contribution >= 4 is 10.0 Å². The van der Waals surface area contributed by atoms with Gasteiger partial charge >= 0.3 is 6.61 Å². The number of nitrogens with one attached hydrogen (secondary N) is 1. The number of alkyl halides is 2. The third-order valence-electron chi connectivity index (χ3n) is 4.11. The van der Waals surface area contributed by atoms with E-state index in [1.165, 1.54) is 4.31 Å². The first kappa shape index (κ1) is 15.6. The molecular formula is C13H15F3N2O3S. The van der Waals surface area contributed by atoms with Gasteiger partial charge in [0.05, 0.1) is 4.90 Å². The minimum atomic E-state index is -3.83. The van der Waals surface area contributed by atoms with Crippen molar-refractivity contribution in [1.82, 2.24) is 9.62 Å². The highest BCUT2D eigenvalue weighted by atomic mass is 32.2. The molecule has 2 heterocycles. The van der Waals surface area contributed by atoms with Crippen LogP contribution in [0.3, 0.4) is 0 Å². The van der Waals surface area contributed by atoms with Crippen LogP contribution in [0.15, 0.2) is 23.1 Å².